The highest BCUT2D eigenvalue weighted by Gasteiger charge is 2.72. The van der Waals surface area contributed by atoms with Gasteiger partial charge in [-0.05, 0) is 24.2 Å². The molecule has 3 aliphatic rings. The Kier molecular flexibility index (Phi) is 7.34. The molecular formula is C23H32F3N5O5. The van der Waals surface area contributed by atoms with Crippen molar-refractivity contribution >= 4 is 23.6 Å². The summed E-state index contributed by atoms with van der Waals surface area (Å²) in [6, 6.07) is -1.80. The molecule has 13 heteroatoms. The largest absolute Gasteiger partial charge is 0.471 e. The Morgan fingerprint density at radius 1 is 1.28 bits per heavy atom. The summed E-state index contributed by atoms with van der Waals surface area (Å²) in [7, 11) is 0. The number of aliphatic hydroxyl groups is 1. The van der Waals surface area contributed by atoms with Gasteiger partial charge in [-0.15, -0.1) is 0 Å². The lowest BCUT2D eigenvalue weighted by Gasteiger charge is -2.38. The van der Waals surface area contributed by atoms with E-state index in [-0.39, 0.29) is 31.4 Å². The van der Waals surface area contributed by atoms with Crippen LogP contribution in [-0.2, 0) is 19.2 Å². The molecule has 10 nitrogen and oxygen atoms in total. The van der Waals surface area contributed by atoms with Crippen molar-refractivity contribution in [2.75, 3.05) is 19.7 Å². The van der Waals surface area contributed by atoms with Gasteiger partial charge in [0.25, 0.3) is 0 Å². The summed E-state index contributed by atoms with van der Waals surface area (Å²) in [6.45, 7) is 6.45. The maximum absolute atomic E-state index is 13.5. The lowest BCUT2D eigenvalue weighted by molar-refractivity contribution is -0.176. The molecular weight excluding hydrogens is 483 g/mol. The fraction of sp³-hybridized carbons (Fsp3) is 0.783. The summed E-state index contributed by atoms with van der Waals surface area (Å²) in [5.74, 6) is -5.21. The molecule has 36 heavy (non-hydrogen) atoms. The molecule has 3 fully saturated rings. The van der Waals surface area contributed by atoms with Gasteiger partial charge in [0, 0.05) is 36.9 Å². The number of carbonyl (C=O) groups is 4. The van der Waals surface area contributed by atoms with Crippen LogP contribution in [0.4, 0.5) is 13.2 Å². The minimum Gasteiger partial charge on any atom is -0.396 e. The molecule has 0 spiro atoms. The third kappa shape index (κ3) is 5.14. The molecule has 2 heterocycles. The molecule has 0 aromatic heterocycles. The quantitative estimate of drug-likeness (QED) is 0.377. The van der Waals surface area contributed by atoms with Crippen molar-refractivity contribution in [1.82, 2.24) is 20.9 Å². The number of nitrogens with one attached hydrogen (secondary N) is 3. The van der Waals surface area contributed by atoms with Gasteiger partial charge >= 0.3 is 12.1 Å². The molecule has 7 atom stereocenters. The predicted molar refractivity (Wildman–Crippen MR) is 118 cm³/mol. The molecule has 1 saturated carbocycles. The zero-order valence-corrected chi connectivity index (χ0v) is 20.6. The number of fused-ring (bicyclic) bond motifs is 1. The first-order valence-electron chi connectivity index (χ1n) is 11.8. The van der Waals surface area contributed by atoms with Crippen LogP contribution in [-0.4, -0.2) is 77.6 Å². The number of nitriles is 1. The summed E-state index contributed by atoms with van der Waals surface area (Å²) in [6.07, 6.45) is -4.61. The lowest BCUT2D eigenvalue weighted by atomic mass is 9.85. The van der Waals surface area contributed by atoms with E-state index < -0.39 is 64.7 Å². The van der Waals surface area contributed by atoms with Gasteiger partial charge in [-0.2, -0.15) is 18.4 Å². The monoisotopic (exact) mass is 515 g/mol. The van der Waals surface area contributed by atoms with Crippen molar-refractivity contribution in [3.63, 3.8) is 0 Å². The molecule has 4 amide bonds. The molecule has 200 valence electrons. The van der Waals surface area contributed by atoms with Gasteiger partial charge < -0.3 is 26.0 Å². The van der Waals surface area contributed by atoms with Gasteiger partial charge in [0.15, 0.2) is 0 Å². The summed E-state index contributed by atoms with van der Waals surface area (Å²) in [5, 5.41) is 26.4. The molecule has 0 aromatic rings. The van der Waals surface area contributed by atoms with Crippen LogP contribution in [0.1, 0.15) is 40.5 Å². The summed E-state index contributed by atoms with van der Waals surface area (Å²) in [4.78, 5) is 51.6. The van der Waals surface area contributed by atoms with Crippen LogP contribution in [0.2, 0.25) is 0 Å². The van der Waals surface area contributed by atoms with Gasteiger partial charge in [0.1, 0.15) is 18.1 Å². The second-order valence-electron chi connectivity index (χ2n) is 11.2. The summed E-state index contributed by atoms with van der Waals surface area (Å²) in [5.41, 5.74) is -1.78. The Balaban J connectivity index is 1.83. The molecule has 1 aliphatic carbocycles. The van der Waals surface area contributed by atoms with E-state index in [1.54, 1.807) is 12.2 Å². The van der Waals surface area contributed by atoms with Crippen molar-refractivity contribution in [1.29, 1.82) is 5.26 Å². The van der Waals surface area contributed by atoms with Crippen LogP contribution in [0.25, 0.3) is 0 Å². The minimum absolute atomic E-state index is 0.00929. The minimum atomic E-state index is -5.20. The second-order valence-corrected chi connectivity index (χ2v) is 11.2. The highest BCUT2D eigenvalue weighted by atomic mass is 19.4. The van der Waals surface area contributed by atoms with Gasteiger partial charge in [-0.25, -0.2) is 0 Å². The number of nitrogens with zero attached hydrogens (tertiary/aromatic N) is 2. The van der Waals surface area contributed by atoms with Crippen LogP contribution in [0.15, 0.2) is 0 Å². The first-order valence-corrected chi connectivity index (χ1v) is 11.8. The Morgan fingerprint density at radius 2 is 1.92 bits per heavy atom. The fourth-order valence-corrected chi connectivity index (χ4v) is 5.46. The van der Waals surface area contributed by atoms with E-state index in [2.05, 4.69) is 10.6 Å². The standard InChI is InChI=1S/C23H32F3N5O5/c1-21(2,3)16(30-20(36)23(24,25)26)19(35)31-9-13-14(22(13,4)10-32)15(31)18(34)29-12(8-27)7-11-5-6-28-17(11)33/h11-16,32H,5-7,9-10H2,1-4H3,(H,28,33)(H,29,34)(H,30,36)/t11-,12-,13?,14-,15-,16+,22+/m0/s1. The molecule has 0 aromatic carbocycles. The fourth-order valence-electron chi connectivity index (χ4n) is 5.46. The van der Waals surface area contributed by atoms with E-state index in [4.69, 9.17) is 0 Å². The van der Waals surface area contributed by atoms with Crippen LogP contribution >= 0.6 is 0 Å². The Morgan fingerprint density at radius 3 is 2.39 bits per heavy atom. The van der Waals surface area contributed by atoms with Crippen molar-refractivity contribution < 1.29 is 37.5 Å². The van der Waals surface area contributed by atoms with Gasteiger partial charge in [0.2, 0.25) is 17.7 Å². The van der Waals surface area contributed by atoms with Crippen molar-refractivity contribution in [2.24, 2.45) is 28.6 Å². The van der Waals surface area contributed by atoms with E-state index in [0.29, 0.717) is 13.0 Å². The van der Waals surface area contributed by atoms with Crippen LogP contribution in [0, 0.1) is 39.9 Å². The average molecular weight is 516 g/mol. The third-order valence-electron chi connectivity index (χ3n) is 7.70. The number of alkyl halides is 3. The summed E-state index contributed by atoms with van der Waals surface area (Å²) < 4.78 is 38.8. The number of carbonyl (C=O) groups excluding carboxylic acids is 4. The molecule has 0 radical (unpaired) electrons. The number of aliphatic hydroxyl groups excluding tert-OH is 1. The maximum atomic E-state index is 13.5. The SMILES string of the molecule is CC(C)(C)[C@H](NC(=O)C(F)(F)F)C(=O)N1CC2[C@@H]([C@H]1C(=O)N[C@H](C#N)C[C@@H]1CCNC1=O)[C@]2(C)CO. The average Bonchev–Trinajstić information content (AvgIpc) is 3.10. The maximum Gasteiger partial charge on any atom is 0.471 e. The van der Waals surface area contributed by atoms with Crippen molar-refractivity contribution in [3.05, 3.63) is 0 Å². The number of hydrogen-bond donors (Lipinski definition) is 4. The van der Waals surface area contributed by atoms with E-state index in [1.165, 1.54) is 20.8 Å². The zero-order chi connectivity index (χ0) is 27.2. The number of halogens is 3. The molecule has 2 aliphatic heterocycles. The van der Waals surface area contributed by atoms with Crippen molar-refractivity contribution in [3.8, 4) is 6.07 Å². The van der Waals surface area contributed by atoms with E-state index in [0.717, 1.165) is 4.90 Å². The van der Waals surface area contributed by atoms with E-state index in [1.807, 2.05) is 6.07 Å². The molecule has 4 N–H and O–H groups in total. The van der Waals surface area contributed by atoms with Gasteiger partial charge in [-0.1, -0.05) is 27.7 Å². The van der Waals surface area contributed by atoms with Crippen LogP contribution < -0.4 is 16.0 Å². The Bertz CT molecular complexity index is 975. The predicted octanol–water partition coefficient (Wildman–Crippen LogP) is 0.0696. The van der Waals surface area contributed by atoms with Crippen molar-refractivity contribution in [2.45, 2.75) is 64.8 Å². The van der Waals surface area contributed by atoms with Gasteiger partial charge in [0.05, 0.1) is 6.07 Å². The first kappa shape index (κ1) is 27.7. The lowest BCUT2D eigenvalue weighted by Crippen LogP contribution is -2.61. The normalized spacial score (nSPS) is 31.1. The highest BCUT2D eigenvalue weighted by Crippen LogP contribution is 2.65. The molecule has 0 bridgehead atoms. The molecule has 3 rings (SSSR count). The summed E-state index contributed by atoms with van der Waals surface area (Å²) >= 11 is 0. The third-order valence-corrected chi connectivity index (χ3v) is 7.70. The molecule has 2 saturated heterocycles. The van der Waals surface area contributed by atoms with Crippen LogP contribution in [0.3, 0.4) is 0 Å². The Labute approximate surface area is 206 Å². The highest BCUT2D eigenvalue weighted by molar-refractivity contribution is 5.95. The van der Waals surface area contributed by atoms with E-state index in [9.17, 15) is 42.7 Å². The number of piperidine rings is 1. The molecule has 1 unspecified atom stereocenters. The van der Waals surface area contributed by atoms with Crippen LogP contribution in [0.5, 0.6) is 0 Å². The zero-order valence-electron chi connectivity index (χ0n) is 20.6. The smallest absolute Gasteiger partial charge is 0.396 e. The second kappa shape index (κ2) is 9.53. The number of amides is 4. The Hall–Kier alpha value is -2.88. The van der Waals surface area contributed by atoms with E-state index >= 15 is 0 Å². The van der Waals surface area contributed by atoms with Gasteiger partial charge in [-0.3, -0.25) is 19.2 Å². The first-order chi connectivity index (χ1) is 16.6. The number of rotatable bonds is 7. The number of hydrogen-bond acceptors (Lipinski definition) is 6. The number of likely N-dealkylation sites (tertiary alicyclic amines) is 1. The topological polar surface area (TPSA) is 152 Å².